The number of hydrogen-bond donors (Lipinski definition) is 1. The van der Waals surface area contributed by atoms with E-state index in [1.807, 2.05) is 66.7 Å². The van der Waals surface area contributed by atoms with Gasteiger partial charge in [0, 0.05) is 9.92 Å². The summed E-state index contributed by atoms with van der Waals surface area (Å²) in [7, 11) is 1.59. The van der Waals surface area contributed by atoms with E-state index in [4.69, 9.17) is 21.1 Å². The zero-order valence-corrected chi connectivity index (χ0v) is 19.1. The molecule has 0 unspecified atom stereocenters. The Morgan fingerprint density at radius 1 is 1.13 bits per heavy atom. The third-order valence-corrected chi connectivity index (χ3v) is 6.37. The maximum atomic E-state index is 12.5. The van der Waals surface area contributed by atoms with E-state index in [0.717, 1.165) is 26.2 Å². The first-order valence-corrected chi connectivity index (χ1v) is 11.1. The third-order valence-electron chi connectivity index (χ3n) is 4.42. The zero-order chi connectivity index (χ0) is 21.1. The van der Waals surface area contributed by atoms with Crippen LogP contribution in [-0.4, -0.2) is 13.0 Å². The van der Waals surface area contributed by atoms with Crippen molar-refractivity contribution in [2.75, 3.05) is 12.4 Å². The molecule has 0 spiro atoms. The van der Waals surface area contributed by atoms with Gasteiger partial charge >= 0.3 is 0 Å². The molecule has 0 saturated heterocycles. The molecule has 3 aromatic carbocycles. The molecule has 30 heavy (non-hydrogen) atoms. The quantitative estimate of drug-likeness (QED) is 0.391. The molecule has 4 nitrogen and oxygen atoms in total. The van der Waals surface area contributed by atoms with Gasteiger partial charge in [0.2, 0.25) is 0 Å². The summed E-state index contributed by atoms with van der Waals surface area (Å²) in [4.78, 5) is 14.1. The number of amides is 1. The molecule has 0 aromatic heterocycles. The molecule has 1 heterocycles. The number of methoxy groups -OCH3 is 1. The molecular formula is C23H17BrClNO3S. The van der Waals surface area contributed by atoms with Gasteiger partial charge in [-0.15, -0.1) is 0 Å². The summed E-state index contributed by atoms with van der Waals surface area (Å²) in [5, 5.41) is 3.60. The summed E-state index contributed by atoms with van der Waals surface area (Å²) in [5.41, 5.74) is 2.65. The number of nitrogens with one attached hydrogen (secondary N) is 1. The molecule has 3 aromatic rings. The van der Waals surface area contributed by atoms with E-state index in [1.54, 1.807) is 7.11 Å². The Bertz CT molecular complexity index is 1130. The number of thioether (sulfide) groups is 1. The second-order valence-electron chi connectivity index (χ2n) is 6.51. The minimum atomic E-state index is -0.128. The van der Waals surface area contributed by atoms with Crippen LogP contribution in [0.1, 0.15) is 11.1 Å². The molecule has 0 saturated carbocycles. The molecule has 7 heteroatoms. The van der Waals surface area contributed by atoms with Crippen molar-refractivity contribution >= 4 is 57.0 Å². The monoisotopic (exact) mass is 501 g/mol. The molecular weight excluding hydrogens is 486 g/mol. The maximum absolute atomic E-state index is 12.5. The molecule has 152 valence electrons. The summed E-state index contributed by atoms with van der Waals surface area (Å²) in [6.45, 7) is 0.377. The Morgan fingerprint density at radius 3 is 2.67 bits per heavy atom. The Balaban J connectivity index is 1.58. The highest BCUT2D eigenvalue weighted by Crippen LogP contribution is 2.41. The lowest BCUT2D eigenvalue weighted by Gasteiger charge is -2.18. The van der Waals surface area contributed by atoms with Crippen molar-refractivity contribution in [1.82, 2.24) is 0 Å². The second-order valence-corrected chi connectivity index (χ2v) is 8.88. The fourth-order valence-corrected chi connectivity index (χ4v) is 4.60. The second kappa shape index (κ2) is 9.16. The molecule has 0 fully saturated rings. The van der Waals surface area contributed by atoms with Gasteiger partial charge in [-0.05, 0) is 69.5 Å². The van der Waals surface area contributed by atoms with Crippen LogP contribution >= 0.6 is 39.3 Å². The molecule has 0 bridgehead atoms. The number of hydrogen-bond acceptors (Lipinski definition) is 4. The van der Waals surface area contributed by atoms with Gasteiger partial charge in [0.05, 0.1) is 22.2 Å². The average Bonchev–Trinajstić information content (AvgIpc) is 2.74. The van der Waals surface area contributed by atoms with Crippen LogP contribution in [0.2, 0.25) is 5.02 Å². The topological polar surface area (TPSA) is 47.6 Å². The first-order chi connectivity index (χ1) is 14.5. The summed E-state index contributed by atoms with van der Waals surface area (Å²) >= 11 is 10.9. The molecule has 0 aliphatic carbocycles. The number of benzene rings is 3. The highest BCUT2D eigenvalue weighted by molar-refractivity contribution is 9.10. The summed E-state index contributed by atoms with van der Waals surface area (Å²) in [6, 6.07) is 19.0. The standard InChI is InChI=1S/C23H17BrClNO3S/c1-28-19-11-15(12-21-23(27)26-18-4-2-3-5-20(18)30-21)10-17(24)22(19)29-13-14-6-8-16(25)9-7-14/h2-12H,13H2,1H3,(H,26,27)/b21-12-. The predicted octanol–water partition coefficient (Wildman–Crippen LogP) is 6.78. The number of rotatable bonds is 5. The number of anilines is 1. The number of ether oxygens (including phenoxy) is 2. The van der Waals surface area contributed by atoms with Gasteiger partial charge in [-0.1, -0.05) is 47.6 Å². The van der Waals surface area contributed by atoms with Crippen LogP contribution in [-0.2, 0) is 11.4 Å². The van der Waals surface area contributed by atoms with E-state index in [9.17, 15) is 4.79 Å². The van der Waals surface area contributed by atoms with E-state index in [-0.39, 0.29) is 5.91 Å². The van der Waals surface area contributed by atoms with Crippen LogP contribution in [0.4, 0.5) is 5.69 Å². The van der Waals surface area contributed by atoms with Crippen LogP contribution in [0.15, 0.2) is 74.9 Å². The lowest BCUT2D eigenvalue weighted by atomic mass is 10.1. The number of carbonyl (C=O) groups excluding carboxylic acids is 1. The van der Waals surface area contributed by atoms with Gasteiger partial charge in [0.15, 0.2) is 11.5 Å². The summed E-state index contributed by atoms with van der Waals surface area (Å²) in [5.74, 6) is 1.05. The number of para-hydroxylation sites is 1. The van der Waals surface area contributed by atoms with E-state index in [1.165, 1.54) is 11.8 Å². The lowest BCUT2D eigenvalue weighted by molar-refractivity contribution is -0.112. The summed E-state index contributed by atoms with van der Waals surface area (Å²) in [6.07, 6.45) is 1.84. The van der Waals surface area contributed by atoms with E-state index < -0.39 is 0 Å². The third kappa shape index (κ3) is 4.67. The van der Waals surface area contributed by atoms with Gasteiger partial charge < -0.3 is 14.8 Å². The van der Waals surface area contributed by atoms with Crippen LogP contribution in [0, 0.1) is 0 Å². The number of carbonyl (C=O) groups is 1. The minimum Gasteiger partial charge on any atom is -0.493 e. The van der Waals surface area contributed by atoms with Crippen molar-refractivity contribution in [2.24, 2.45) is 0 Å². The van der Waals surface area contributed by atoms with E-state index in [2.05, 4.69) is 21.2 Å². The maximum Gasteiger partial charge on any atom is 0.262 e. The zero-order valence-electron chi connectivity index (χ0n) is 15.9. The summed E-state index contributed by atoms with van der Waals surface area (Å²) < 4.78 is 12.3. The van der Waals surface area contributed by atoms with Crippen molar-refractivity contribution < 1.29 is 14.3 Å². The lowest BCUT2D eigenvalue weighted by Crippen LogP contribution is -2.17. The van der Waals surface area contributed by atoms with Crippen LogP contribution < -0.4 is 14.8 Å². The highest BCUT2D eigenvalue weighted by Gasteiger charge is 2.21. The molecule has 1 aliphatic heterocycles. The molecule has 0 atom stereocenters. The Morgan fingerprint density at radius 2 is 1.90 bits per heavy atom. The number of halogens is 2. The first-order valence-electron chi connectivity index (χ1n) is 9.08. The van der Waals surface area contributed by atoms with Crippen molar-refractivity contribution in [3.8, 4) is 11.5 Å². The van der Waals surface area contributed by atoms with Crippen molar-refractivity contribution in [3.05, 3.63) is 86.2 Å². The fourth-order valence-electron chi connectivity index (χ4n) is 2.95. The normalized spacial score (nSPS) is 14.2. The van der Waals surface area contributed by atoms with Crippen molar-refractivity contribution in [2.45, 2.75) is 11.5 Å². The first kappa shape index (κ1) is 20.8. The fraction of sp³-hybridized carbons (Fsp3) is 0.0870. The molecule has 4 rings (SSSR count). The molecule has 1 aliphatic rings. The van der Waals surface area contributed by atoms with Gasteiger partial charge in [0.25, 0.3) is 5.91 Å². The minimum absolute atomic E-state index is 0.128. The van der Waals surface area contributed by atoms with Gasteiger partial charge in [0.1, 0.15) is 6.61 Å². The SMILES string of the molecule is COc1cc(/C=C2\Sc3ccccc3NC2=O)cc(Br)c1OCc1ccc(Cl)cc1. The van der Waals surface area contributed by atoms with Crippen LogP contribution in [0.5, 0.6) is 11.5 Å². The average molecular weight is 503 g/mol. The van der Waals surface area contributed by atoms with Gasteiger partial charge in [-0.25, -0.2) is 0 Å². The Hall–Kier alpha value is -2.41. The van der Waals surface area contributed by atoms with Crippen LogP contribution in [0.3, 0.4) is 0 Å². The van der Waals surface area contributed by atoms with Crippen LogP contribution in [0.25, 0.3) is 6.08 Å². The molecule has 0 radical (unpaired) electrons. The highest BCUT2D eigenvalue weighted by atomic mass is 79.9. The Labute approximate surface area is 192 Å². The van der Waals surface area contributed by atoms with Crippen molar-refractivity contribution in [1.29, 1.82) is 0 Å². The van der Waals surface area contributed by atoms with Gasteiger partial charge in [-0.3, -0.25) is 4.79 Å². The molecule has 1 N–H and O–H groups in total. The van der Waals surface area contributed by atoms with E-state index >= 15 is 0 Å². The van der Waals surface area contributed by atoms with E-state index in [0.29, 0.717) is 28.0 Å². The predicted molar refractivity (Wildman–Crippen MR) is 125 cm³/mol. The van der Waals surface area contributed by atoms with Gasteiger partial charge in [-0.2, -0.15) is 0 Å². The molecule has 1 amide bonds. The van der Waals surface area contributed by atoms with Crippen molar-refractivity contribution in [3.63, 3.8) is 0 Å². The number of fused-ring (bicyclic) bond motifs is 1. The smallest absolute Gasteiger partial charge is 0.262 e. The Kier molecular flexibility index (Phi) is 6.37. The largest absolute Gasteiger partial charge is 0.493 e.